The van der Waals surface area contributed by atoms with Crippen molar-refractivity contribution in [1.82, 2.24) is 4.98 Å². The van der Waals surface area contributed by atoms with Crippen LogP contribution in [0.3, 0.4) is 0 Å². The Balaban J connectivity index is 1.74. The highest BCUT2D eigenvalue weighted by Gasteiger charge is 2.00. The summed E-state index contributed by atoms with van der Waals surface area (Å²) in [5.74, 6) is 0. The molecule has 0 unspecified atom stereocenters. The van der Waals surface area contributed by atoms with E-state index in [0.29, 0.717) is 0 Å². The number of fused-ring (bicyclic) bond motifs is 1. The number of nitrogens with one attached hydrogen (secondary N) is 2. The third kappa shape index (κ3) is 2.08. The Kier molecular flexibility index (Phi) is 2.75. The molecule has 2 aromatic heterocycles. The molecule has 0 atom stereocenters. The third-order valence-electron chi connectivity index (χ3n) is 2.80. The Morgan fingerprint density at radius 2 is 2.22 bits per heavy atom. The lowest BCUT2D eigenvalue weighted by Gasteiger charge is -2.04. The first kappa shape index (κ1) is 10.9. The van der Waals surface area contributed by atoms with E-state index in [-0.39, 0.29) is 0 Å². The average molecular weight is 253 g/mol. The summed E-state index contributed by atoms with van der Waals surface area (Å²) in [6.07, 6.45) is 1.94. The van der Waals surface area contributed by atoms with E-state index in [1.165, 1.54) is 10.3 Å². The molecule has 0 radical (unpaired) electrons. The second-order valence-electron chi connectivity index (χ2n) is 4.05. The fourth-order valence-electron chi connectivity index (χ4n) is 1.88. The lowest BCUT2D eigenvalue weighted by molar-refractivity contribution is 1.19. The summed E-state index contributed by atoms with van der Waals surface area (Å²) in [6.45, 7) is 0.752. The van der Waals surface area contributed by atoms with Gasteiger partial charge in [-0.1, -0.05) is 0 Å². The molecule has 0 fully saturated rings. The van der Waals surface area contributed by atoms with Crippen molar-refractivity contribution in [2.24, 2.45) is 0 Å². The zero-order valence-electron chi connectivity index (χ0n) is 9.60. The fraction of sp³-hybridized carbons (Fsp3) is 0.0714. The normalized spacial score (nSPS) is 10.4. The number of aromatic amines is 1. The van der Waals surface area contributed by atoms with Crippen LogP contribution in [0, 0.1) is 11.3 Å². The van der Waals surface area contributed by atoms with Gasteiger partial charge in [-0.3, -0.25) is 0 Å². The molecule has 18 heavy (non-hydrogen) atoms. The summed E-state index contributed by atoms with van der Waals surface area (Å²) in [7, 11) is 0. The maximum atomic E-state index is 8.76. The van der Waals surface area contributed by atoms with E-state index in [0.717, 1.165) is 23.3 Å². The van der Waals surface area contributed by atoms with E-state index in [1.807, 2.05) is 17.6 Å². The van der Waals surface area contributed by atoms with Gasteiger partial charge in [-0.05, 0) is 30.3 Å². The van der Waals surface area contributed by atoms with E-state index in [4.69, 9.17) is 5.26 Å². The minimum Gasteiger partial charge on any atom is -0.380 e. The molecule has 0 spiro atoms. The number of nitrogens with zero attached hydrogens (tertiary/aromatic N) is 1. The van der Waals surface area contributed by atoms with Crippen LogP contribution in [-0.4, -0.2) is 4.98 Å². The monoisotopic (exact) mass is 253 g/mol. The van der Waals surface area contributed by atoms with Crippen molar-refractivity contribution in [3.05, 3.63) is 52.3 Å². The van der Waals surface area contributed by atoms with Gasteiger partial charge in [-0.2, -0.15) is 5.26 Å². The van der Waals surface area contributed by atoms with Gasteiger partial charge in [0.25, 0.3) is 0 Å². The molecule has 2 N–H and O–H groups in total. The molecule has 0 aliphatic rings. The number of H-pyrrole nitrogens is 1. The molecule has 3 nitrogen and oxygen atoms in total. The summed E-state index contributed by atoms with van der Waals surface area (Å²) in [5, 5.41) is 15.2. The minimum atomic E-state index is 0.734. The molecule has 0 amide bonds. The van der Waals surface area contributed by atoms with Crippen LogP contribution in [0.15, 0.2) is 41.9 Å². The predicted octanol–water partition coefficient (Wildman–Crippen LogP) is 3.71. The molecule has 0 aliphatic carbocycles. The number of aromatic nitrogens is 1. The highest BCUT2D eigenvalue weighted by Crippen LogP contribution is 2.20. The van der Waals surface area contributed by atoms with E-state index in [9.17, 15) is 0 Å². The molecule has 1 aromatic carbocycles. The first-order chi connectivity index (χ1) is 8.85. The Bertz CT molecular complexity index is 718. The Morgan fingerprint density at radius 3 is 3.06 bits per heavy atom. The van der Waals surface area contributed by atoms with Gasteiger partial charge < -0.3 is 10.3 Å². The summed E-state index contributed by atoms with van der Waals surface area (Å²) in [5.41, 5.74) is 2.97. The van der Waals surface area contributed by atoms with E-state index >= 15 is 0 Å². The molecular formula is C14H11N3S. The van der Waals surface area contributed by atoms with Crippen molar-refractivity contribution in [1.29, 1.82) is 5.26 Å². The quantitative estimate of drug-likeness (QED) is 0.747. The fourth-order valence-corrected chi connectivity index (χ4v) is 2.63. The number of thiophene rings is 1. The predicted molar refractivity (Wildman–Crippen MR) is 74.7 cm³/mol. The molecule has 0 aliphatic heterocycles. The highest BCUT2D eigenvalue weighted by atomic mass is 32.1. The SMILES string of the molecule is N#Cc1csc(CNc2ccc3[nH]ccc3c2)c1. The molecule has 0 bridgehead atoms. The number of hydrogen-bond donors (Lipinski definition) is 2. The van der Waals surface area contributed by atoms with E-state index in [2.05, 4.69) is 40.6 Å². The van der Waals surface area contributed by atoms with Crippen LogP contribution in [-0.2, 0) is 6.54 Å². The van der Waals surface area contributed by atoms with Crippen LogP contribution in [0.4, 0.5) is 5.69 Å². The van der Waals surface area contributed by atoms with Crippen LogP contribution in [0.25, 0.3) is 10.9 Å². The van der Waals surface area contributed by atoms with Crippen LogP contribution < -0.4 is 5.32 Å². The zero-order chi connectivity index (χ0) is 12.4. The van der Waals surface area contributed by atoms with Crippen LogP contribution in [0.1, 0.15) is 10.4 Å². The molecule has 3 aromatic rings. The molecule has 88 valence electrons. The van der Waals surface area contributed by atoms with Gasteiger partial charge >= 0.3 is 0 Å². The van der Waals surface area contributed by atoms with Gasteiger partial charge in [0.2, 0.25) is 0 Å². The molecule has 3 rings (SSSR count). The Labute approximate surface area is 109 Å². The lowest BCUT2D eigenvalue weighted by Crippen LogP contribution is -1.96. The van der Waals surface area contributed by atoms with Gasteiger partial charge in [-0.15, -0.1) is 11.3 Å². The number of nitriles is 1. The van der Waals surface area contributed by atoms with Crippen LogP contribution in [0.2, 0.25) is 0 Å². The topological polar surface area (TPSA) is 51.6 Å². The molecule has 2 heterocycles. The van der Waals surface area contributed by atoms with Crippen molar-refractivity contribution >= 4 is 27.9 Å². The first-order valence-corrected chi connectivity index (χ1v) is 6.51. The minimum absolute atomic E-state index is 0.734. The van der Waals surface area contributed by atoms with Crippen molar-refractivity contribution in [2.45, 2.75) is 6.54 Å². The summed E-state index contributed by atoms with van der Waals surface area (Å²) < 4.78 is 0. The summed E-state index contributed by atoms with van der Waals surface area (Å²) >= 11 is 1.61. The second kappa shape index (κ2) is 4.55. The number of rotatable bonds is 3. The summed E-state index contributed by atoms with van der Waals surface area (Å²) in [4.78, 5) is 4.34. The van der Waals surface area contributed by atoms with Gasteiger partial charge in [0.15, 0.2) is 0 Å². The third-order valence-corrected chi connectivity index (χ3v) is 3.74. The average Bonchev–Trinajstić information content (AvgIpc) is 3.04. The number of anilines is 1. The largest absolute Gasteiger partial charge is 0.380 e. The lowest BCUT2D eigenvalue weighted by atomic mass is 10.2. The van der Waals surface area contributed by atoms with Gasteiger partial charge in [0.1, 0.15) is 6.07 Å². The highest BCUT2D eigenvalue weighted by molar-refractivity contribution is 7.10. The maximum absolute atomic E-state index is 8.76. The van der Waals surface area contributed by atoms with Crippen molar-refractivity contribution in [2.75, 3.05) is 5.32 Å². The van der Waals surface area contributed by atoms with Crippen molar-refractivity contribution in [3.63, 3.8) is 0 Å². The molecule has 4 heteroatoms. The van der Waals surface area contributed by atoms with Gasteiger partial charge in [0.05, 0.1) is 5.56 Å². The van der Waals surface area contributed by atoms with Crippen LogP contribution >= 0.6 is 11.3 Å². The summed E-state index contributed by atoms with van der Waals surface area (Å²) in [6, 6.07) is 12.4. The molecule has 0 saturated carbocycles. The van der Waals surface area contributed by atoms with Crippen LogP contribution in [0.5, 0.6) is 0 Å². The number of hydrogen-bond acceptors (Lipinski definition) is 3. The standard InChI is InChI=1S/C14H11N3S/c15-7-10-5-13(18-9-10)8-17-12-1-2-14-11(6-12)3-4-16-14/h1-6,9,16-17H,8H2. The van der Waals surface area contributed by atoms with E-state index in [1.54, 1.807) is 11.3 Å². The Morgan fingerprint density at radius 1 is 1.28 bits per heavy atom. The van der Waals surface area contributed by atoms with Gasteiger partial charge in [0, 0.05) is 39.6 Å². The molecule has 0 saturated heterocycles. The zero-order valence-corrected chi connectivity index (χ0v) is 10.4. The van der Waals surface area contributed by atoms with Gasteiger partial charge in [-0.25, -0.2) is 0 Å². The first-order valence-electron chi connectivity index (χ1n) is 5.64. The smallest absolute Gasteiger partial charge is 0.100 e. The molecular weight excluding hydrogens is 242 g/mol. The second-order valence-corrected chi connectivity index (χ2v) is 5.04. The van der Waals surface area contributed by atoms with Crippen molar-refractivity contribution in [3.8, 4) is 6.07 Å². The maximum Gasteiger partial charge on any atom is 0.100 e. The van der Waals surface area contributed by atoms with Crippen molar-refractivity contribution < 1.29 is 0 Å². The number of benzene rings is 1. The van der Waals surface area contributed by atoms with E-state index < -0.39 is 0 Å². The Hall–Kier alpha value is -2.25.